The number of hydroxylamine groups is 2. The minimum atomic E-state index is 0.0606. The Morgan fingerprint density at radius 1 is 1.75 bits per heavy atom. The Morgan fingerprint density at radius 2 is 2.50 bits per heavy atom. The monoisotopic (exact) mass is 172 g/mol. The molecule has 0 aromatic rings. The lowest BCUT2D eigenvalue weighted by atomic mass is 10.1. The van der Waals surface area contributed by atoms with E-state index in [1.165, 1.54) is 5.06 Å². The highest BCUT2D eigenvalue weighted by Crippen LogP contribution is 2.09. The quantitative estimate of drug-likeness (QED) is 0.658. The molecule has 0 radical (unpaired) electrons. The maximum atomic E-state index is 11.4. The van der Waals surface area contributed by atoms with Crippen molar-refractivity contribution in [3.05, 3.63) is 0 Å². The number of carbonyl (C=O) groups excluding carboxylic acids is 1. The molecular formula is C8H16N2O2. The van der Waals surface area contributed by atoms with E-state index in [-0.39, 0.29) is 11.8 Å². The van der Waals surface area contributed by atoms with Crippen molar-refractivity contribution in [3.63, 3.8) is 0 Å². The molecule has 0 saturated carbocycles. The van der Waals surface area contributed by atoms with Crippen LogP contribution in [-0.4, -0.2) is 30.7 Å². The highest BCUT2D eigenvalue weighted by atomic mass is 16.7. The van der Waals surface area contributed by atoms with Gasteiger partial charge in [0, 0.05) is 6.42 Å². The molecule has 1 atom stereocenters. The molecule has 2 N–H and O–H groups in total. The van der Waals surface area contributed by atoms with Crippen LogP contribution in [-0.2, 0) is 9.63 Å². The normalized spacial score (nSPS) is 19.7. The molecule has 0 aromatic carbocycles. The molecule has 0 bridgehead atoms. The topological polar surface area (TPSA) is 55.6 Å². The van der Waals surface area contributed by atoms with E-state index in [2.05, 4.69) is 0 Å². The van der Waals surface area contributed by atoms with Gasteiger partial charge in [-0.1, -0.05) is 6.92 Å². The summed E-state index contributed by atoms with van der Waals surface area (Å²) in [5.74, 6) is 0.312. The predicted molar refractivity (Wildman–Crippen MR) is 45.1 cm³/mol. The third kappa shape index (κ3) is 2.46. The number of carbonyl (C=O) groups is 1. The Hall–Kier alpha value is -0.610. The largest absolute Gasteiger partial charge is 0.330 e. The lowest BCUT2D eigenvalue weighted by Gasteiger charge is -2.15. The van der Waals surface area contributed by atoms with Crippen molar-refractivity contribution < 1.29 is 9.63 Å². The summed E-state index contributed by atoms with van der Waals surface area (Å²) in [6.45, 7) is 3.92. The van der Waals surface area contributed by atoms with Gasteiger partial charge in [0.05, 0.1) is 13.2 Å². The van der Waals surface area contributed by atoms with Crippen molar-refractivity contribution in [2.75, 3.05) is 19.7 Å². The lowest BCUT2D eigenvalue weighted by Crippen LogP contribution is -2.29. The van der Waals surface area contributed by atoms with E-state index >= 15 is 0 Å². The van der Waals surface area contributed by atoms with Gasteiger partial charge in [-0.15, -0.1) is 0 Å². The standard InChI is InChI=1S/C8H16N2O2/c1-7(6-9)5-8(11)10-3-2-4-12-10/h7H,2-6,9H2,1H3. The summed E-state index contributed by atoms with van der Waals surface area (Å²) in [4.78, 5) is 16.5. The fourth-order valence-corrected chi connectivity index (χ4v) is 1.13. The highest BCUT2D eigenvalue weighted by molar-refractivity contribution is 5.75. The Labute approximate surface area is 72.6 Å². The molecule has 1 amide bonds. The molecule has 1 unspecified atom stereocenters. The van der Waals surface area contributed by atoms with Crippen molar-refractivity contribution in [1.29, 1.82) is 0 Å². The second-order valence-corrected chi connectivity index (χ2v) is 3.23. The second-order valence-electron chi connectivity index (χ2n) is 3.23. The first kappa shape index (κ1) is 9.48. The van der Waals surface area contributed by atoms with Crippen LogP contribution in [0.25, 0.3) is 0 Å². The van der Waals surface area contributed by atoms with E-state index in [4.69, 9.17) is 10.6 Å². The van der Waals surface area contributed by atoms with Crippen molar-refractivity contribution in [2.45, 2.75) is 19.8 Å². The van der Waals surface area contributed by atoms with E-state index < -0.39 is 0 Å². The van der Waals surface area contributed by atoms with E-state index in [9.17, 15) is 4.79 Å². The molecule has 1 aliphatic heterocycles. The molecular weight excluding hydrogens is 156 g/mol. The molecule has 1 aliphatic rings. The summed E-state index contributed by atoms with van der Waals surface area (Å²) >= 11 is 0. The van der Waals surface area contributed by atoms with E-state index in [1.807, 2.05) is 6.92 Å². The van der Waals surface area contributed by atoms with Gasteiger partial charge in [-0.3, -0.25) is 9.63 Å². The molecule has 4 heteroatoms. The summed E-state index contributed by atoms with van der Waals surface area (Å²) in [7, 11) is 0. The highest BCUT2D eigenvalue weighted by Gasteiger charge is 2.20. The van der Waals surface area contributed by atoms with Crippen LogP contribution in [0.4, 0.5) is 0 Å². The Kier molecular flexibility index (Phi) is 3.49. The van der Waals surface area contributed by atoms with Crippen LogP contribution < -0.4 is 5.73 Å². The zero-order chi connectivity index (χ0) is 8.97. The lowest BCUT2D eigenvalue weighted by molar-refractivity contribution is -0.169. The number of hydrogen-bond donors (Lipinski definition) is 1. The van der Waals surface area contributed by atoms with Crippen LogP contribution in [0.2, 0.25) is 0 Å². The molecule has 0 aliphatic carbocycles. The number of hydrogen-bond acceptors (Lipinski definition) is 3. The molecule has 1 saturated heterocycles. The molecule has 1 rings (SSSR count). The summed E-state index contributed by atoms with van der Waals surface area (Å²) < 4.78 is 0. The van der Waals surface area contributed by atoms with Crippen LogP contribution in [0, 0.1) is 5.92 Å². The average Bonchev–Trinajstić information content (AvgIpc) is 2.56. The van der Waals surface area contributed by atoms with Gasteiger partial charge in [0.15, 0.2) is 0 Å². The van der Waals surface area contributed by atoms with Crippen molar-refractivity contribution in [2.24, 2.45) is 11.7 Å². The SMILES string of the molecule is CC(CN)CC(=O)N1CCCO1. The predicted octanol–water partition coefficient (Wildman–Crippen LogP) is 0.135. The summed E-state index contributed by atoms with van der Waals surface area (Å²) in [5.41, 5.74) is 5.41. The van der Waals surface area contributed by atoms with Gasteiger partial charge in [-0.25, -0.2) is 5.06 Å². The summed E-state index contributed by atoms with van der Waals surface area (Å²) in [6, 6.07) is 0. The maximum Gasteiger partial charge on any atom is 0.246 e. The zero-order valence-electron chi connectivity index (χ0n) is 7.45. The fourth-order valence-electron chi connectivity index (χ4n) is 1.13. The third-order valence-corrected chi connectivity index (χ3v) is 1.96. The molecule has 4 nitrogen and oxygen atoms in total. The minimum Gasteiger partial charge on any atom is -0.330 e. The van der Waals surface area contributed by atoms with Crippen molar-refractivity contribution in [1.82, 2.24) is 5.06 Å². The molecule has 0 aromatic heterocycles. The first-order valence-corrected chi connectivity index (χ1v) is 4.37. The van der Waals surface area contributed by atoms with Gasteiger partial charge in [-0.05, 0) is 18.9 Å². The average molecular weight is 172 g/mol. The van der Waals surface area contributed by atoms with Gasteiger partial charge in [0.2, 0.25) is 5.91 Å². The van der Waals surface area contributed by atoms with Crippen LogP contribution in [0.1, 0.15) is 19.8 Å². The van der Waals surface area contributed by atoms with E-state index in [0.717, 1.165) is 13.0 Å². The Balaban J connectivity index is 2.27. The maximum absolute atomic E-state index is 11.4. The first-order valence-electron chi connectivity index (χ1n) is 4.37. The van der Waals surface area contributed by atoms with Gasteiger partial charge in [-0.2, -0.15) is 0 Å². The number of amides is 1. The minimum absolute atomic E-state index is 0.0606. The Bertz CT molecular complexity index is 155. The fraction of sp³-hybridized carbons (Fsp3) is 0.875. The zero-order valence-corrected chi connectivity index (χ0v) is 7.45. The summed E-state index contributed by atoms with van der Waals surface area (Å²) in [6.07, 6.45) is 1.44. The number of nitrogens with zero attached hydrogens (tertiary/aromatic N) is 1. The molecule has 70 valence electrons. The van der Waals surface area contributed by atoms with Gasteiger partial charge in [0.25, 0.3) is 0 Å². The Morgan fingerprint density at radius 3 is 3.00 bits per heavy atom. The number of nitrogens with two attached hydrogens (primary N) is 1. The van der Waals surface area contributed by atoms with Crippen LogP contribution in [0.5, 0.6) is 0 Å². The van der Waals surface area contributed by atoms with Gasteiger partial charge in [0.1, 0.15) is 0 Å². The first-order chi connectivity index (χ1) is 5.74. The molecule has 12 heavy (non-hydrogen) atoms. The van der Waals surface area contributed by atoms with Crippen LogP contribution >= 0.6 is 0 Å². The van der Waals surface area contributed by atoms with Crippen molar-refractivity contribution in [3.8, 4) is 0 Å². The molecule has 1 heterocycles. The number of rotatable bonds is 3. The summed E-state index contributed by atoms with van der Waals surface area (Å²) in [5, 5.41) is 1.45. The van der Waals surface area contributed by atoms with Crippen molar-refractivity contribution >= 4 is 5.91 Å². The van der Waals surface area contributed by atoms with Gasteiger partial charge >= 0.3 is 0 Å². The van der Waals surface area contributed by atoms with E-state index in [1.54, 1.807) is 0 Å². The van der Waals surface area contributed by atoms with Gasteiger partial charge < -0.3 is 5.73 Å². The third-order valence-electron chi connectivity index (χ3n) is 1.96. The molecule has 0 spiro atoms. The van der Waals surface area contributed by atoms with Crippen LogP contribution in [0.3, 0.4) is 0 Å². The van der Waals surface area contributed by atoms with E-state index in [0.29, 0.717) is 19.6 Å². The molecule has 1 fully saturated rings. The smallest absolute Gasteiger partial charge is 0.246 e. The van der Waals surface area contributed by atoms with Crippen LogP contribution in [0.15, 0.2) is 0 Å². The second kappa shape index (κ2) is 4.42.